The molecule has 134 valence electrons. The van der Waals surface area contributed by atoms with E-state index in [9.17, 15) is 0 Å². The minimum absolute atomic E-state index is 0.129. The van der Waals surface area contributed by atoms with Crippen LogP contribution in [0.15, 0.2) is 54.7 Å². The molecule has 3 rings (SSSR count). The van der Waals surface area contributed by atoms with E-state index in [0.717, 1.165) is 17.1 Å². The summed E-state index contributed by atoms with van der Waals surface area (Å²) in [6, 6.07) is 15.9. The van der Waals surface area contributed by atoms with Gasteiger partial charge in [-0.05, 0) is 47.4 Å². The molecule has 0 aliphatic carbocycles. The fourth-order valence-electron chi connectivity index (χ4n) is 2.42. The van der Waals surface area contributed by atoms with Crippen LogP contribution in [-0.2, 0) is 5.41 Å². The van der Waals surface area contributed by atoms with Crippen molar-refractivity contribution < 1.29 is 4.74 Å². The summed E-state index contributed by atoms with van der Waals surface area (Å²) in [5.41, 5.74) is 3.23. The number of anilines is 4. The van der Waals surface area contributed by atoms with Crippen molar-refractivity contribution in [2.75, 3.05) is 17.7 Å². The lowest BCUT2D eigenvalue weighted by Gasteiger charge is -2.19. The molecule has 26 heavy (non-hydrogen) atoms. The highest BCUT2D eigenvalue weighted by Crippen LogP contribution is 2.24. The molecule has 0 saturated carbocycles. The van der Waals surface area contributed by atoms with Crippen LogP contribution in [0.1, 0.15) is 26.3 Å². The number of methoxy groups -OCH3 is 1. The second-order valence-electron chi connectivity index (χ2n) is 6.97. The number of hydrogen-bond acceptors (Lipinski definition) is 6. The minimum Gasteiger partial charge on any atom is -0.497 e. The number of nitrogens with zero attached hydrogens (tertiary/aromatic N) is 3. The largest absolute Gasteiger partial charge is 0.497 e. The Balaban J connectivity index is 1.70. The maximum Gasteiger partial charge on any atom is 0.249 e. The highest BCUT2D eigenvalue weighted by atomic mass is 16.5. The van der Waals surface area contributed by atoms with E-state index < -0.39 is 0 Å². The Kier molecular flexibility index (Phi) is 5.02. The smallest absolute Gasteiger partial charge is 0.249 e. The summed E-state index contributed by atoms with van der Waals surface area (Å²) in [6.07, 6.45) is 1.59. The molecule has 0 spiro atoms. The van der Waals surface area contributed by atoms with Gasteiger partial charge in [-0.15, -0.1) is 5.10 Å². The van der Waals surface area contributed by atoms with Crippen LogP contribution >= 0.6 is 0 Å². The van der Waals surface area contributed by atoms with Crippen LogP contribution in [0, 0.1) is 0 Å². The molecule has 6 heteroatoms. The van der Waals surface area contributed by atoms with Crippen molar-refractivity contribution >= 4 is 23.1 Å². The summed E-state index contributed by atoms with van der Waals surface area (Å²) in [7, 11) is 1.64. The van der Waals surface area contributed by atoms with Gasteiger partial charge in [0.15, 0.2) is 5.82 Å². The van der Waals surface area contributed by atoms with Gasteiger partial charge in [-0.25, -0.2) is 0 Å². The van der Waals surface area contributed by atoms with Crippen molar-refractivity contribution in [2.24, 2.45) is 0 Å². The molecule has 6 nitrogen and oxygen atoms in total. The highest BCUT2D eigenvalue weighted by Gasteiger charge is 2.13. The van der Waals surface area contributed by atoms with Crippen molar-refractivity contribution in [2.45, 2.75) is 26.2 Å². The normalized spacial score (nSPS) is 11.1. The summed E-state index contributed by atoms with van der Waals surface area (Å²) < 4.78 is 5.15. The van der Waals surface area contributed by atoms with Crippen LogP contribution in [-0.4, -0.2) is 22.3 Å². The first-order valence-electron chi connectivity index (χ1n) is 8.42. The molecule has 3 aromatic rings. The number of nitrogens with one attached hydrogen (secondary N) is 2. The third-order valence-corrected chi connectivity index (χ3v) is 3.93. The highest BCUT2D eigenvalue weighted by molar-refractivity contribution is 5.59. The number of ether oxygens (including phenoxy) is 1. The number of rotatable bonds is 5. The van der Waals surface area contributed by atoms with Crippen molar-refractivity contribution in [1.82, 2.24) is 15.2 Å². The number of benzene rings is 2. The molecule has 1 aromatic heterocycles. The molecule has 2 aromatic carbocycles. The van der Waals surface area contributed by atoms with Crippen LogP contribution in [0.2, 0.25) is 0 Å². The van der Waals surface area contributed by atoms with Crippen LogP contribution < -0.4 is 15.4 Å². The van der Waals surface area contributed by atoms with Gasteiger partial charge in [0.25, 0.3) is 0 Å². The summed E-state index contributed by atoms with van der Waals surface area (Å²) in [6.45, 7) is 6.59. The SMILES string of the molecule is COc1ccc(Nc2nncc(Nc3ccc(C(C)(C)C)cc3)n2)cc1. The van der Waals surface area contributed by atoms with Gasteiger partial charge in [-0.2, -0.15) is 10.1 Å². The van der Waals surface area contributed by atoms with Gasteiger partial charge in [-0.1, -0.05) is 32.9 Å². The molecule has 0 saturated heterocycles. The third kappa shape index (κ3) is 4.47. The van der Waals surface area contributed by atoms with Gasteiger partial charge < -0.3 is 15.4 Å². The average molecular weight is 349 g/mol. The van der Waals surface area contributed by atoms with Crippen molar-refractivity contribution in [3.05, 3.63) is 60.3 Å². The van der Waals surface area contributed by atoms with Gasteiger partial charge in [0.2, 0.25) is 5.95 Å². The van der Waals surface area contributed by atoms with E-state index >= 15 is 0 Å². The van der Waals surface area contributed by atoms with E-state index in [1.807, 2.05) is 36.4 Å². The van der Waals surface area contributed by atoms with E-state index in [2.05, 4.69) is 58.7 Å². The molecule has 1 heterocycles. The summed E-state index contributed by atoms with van der Waals surface area (Å²) >= 11 is 0. The van der Waals surface area contributed by atoms with E-state index in [-0.39, 0.29) is 5.41 Å². The molecule has 0 unspecified atom stereocenters. The molecular weight excluding hydrogens is 326 g/mol. The Morgan fingerprint density at radius 1 is 0.846 bits per heavy atom. The lowest BCUT2D eigenvalue weighted by atomic mass is 9.87. The molecule has 0 aliphatic heterocycles. The maximum absolute atomic E-state index is 5.15. The first kappa shape index (κ1) is 17.7. The Morgan fingerprint density at radius 3 is 2.08 bits per heavy atom. The Morgan fingerprint density at radius 2 is 1.46 bits per heavy atom. The van der Waals surface area contributed by atoms with Crippen LogP contribution in [0.3, 0.4) is 0 Å². The zero-order valence-electron chi connectivity index (χ0n) is 15.4. The van der Waals surface area contributed by atoms with Gasteiger partial charge in [0.05, 0.1) is 13.3 Å². The summed E-state index contributed by atoms with van der Waals surface area (Å²) in [5, 5.41) is 14.4. The Labute approximate surface area is 153 Å². The Hall–Kier alpha value is -3.15. The Bertz CT molecular complexity index is 855. The average Bonchev–Trinajstić information content (AvgIpc) is 2.62. The molecular formula is C20H23N5O. The monoisotopic (exact) mass is 349 g/mol. The first-order chi connectivity index (χ1) is 12.4. The standard InChI is InChI=1S/C20H23N5O/c1-20(2,3)14-5-7-15(8-6-14)22-18-13-21-25-19(24-18)23-16-9-11-17(26-4)12-10-16/h5-13H,1-4H3,(H2,22,23,24,25). The van der Waals surface area contributed by atoms with E-state index in [0.29, 0.717) is 11.8 Å². The van der Waals surface area contributed by atoms with Gasteiger partial charge in [0, 0.05) is 11.4 Å². The second-order valence-corrected chi connectivity index (χ2v) is 6.97. The summed E-state index contributed by atoms with van der Waals surface area (Å²) in [5.74, 6) is 1.84. The first-order valence-corrected chi connectivity index (χ1v) is 8.42. The fourth-order valence-corrected chi connectivity index (χ4v) is 2.42. The van der Waals surface area contributed by atoms with Gasteiger partial charge >= 0.3 is 0 Å². The summed E-state index contributed by atoms with van der Waals surface area (Å²) in [4.78, 5) is 4.45. The maximum atomic E-state index is 5.15. The molecule has 0 fully saturated rings. The van der Waals surface area contributed by atoms with E-state index in [1.165, 1.54) is 5.56 Å². The van der Waals surface area contributed by atoms with Crippen LogP contribution in [0.4, 0.5) is 23.1 Å². The third-order valence-electron chi connectivity index (χ3n) is 3.93. The minimum atomic E-state index is 0.129. The molecule has 0 bridgehead atoms. The lowest BCUT2D eigenvalue weighted by molar-refractivity contribution is 0.415. The quantitative estimate of drug-likeness (QED) is 0.698. The van der Waals surface area contributed by atoms with Crippen LogP contribution in [0.5, 0.6) is 5.75 Å². The van der Waals surface area contributed by atoms with Crippen molar-refractivity contribution in [3.63, 3.8) is 0 Å². The van der Waals surface area contributed by atoms with Crippen molar-refractivity contribution in [3.8, 4) is 5.75 Å². The zero-order chi connectivity index (χ0) is 18.6. The second kappa shape index (κ2) is 7.39. The molecule has 0 amide bonds. The fraction of sp³-hybridized carbons (Fsp3) is 0.250. The number of hydrogen-bond donors (Lipinski definition) is 2. The van der Waals surface area contributed by atoms with Gasteiger partial charge in [-0.3, -0.25) is 0 Å². The predicted octanol–water partition coefficient (Wildman–Crippen LogP) is 4.66. The van der Waals surface area contributed by atoms with E-state index in [1.54, 1.807) is 13.3 Å². The molecule has 0 aliphatic rings. The van der Waals surface area contributed by atoms with Crippen LogP contribution in [0.25, 0.3) is 0 Å². The molecule has 2 N–H and O–H groups in total. The van der Waals surface area contributed by atoms with E-state index in [4.69, 9.17) is 4.74 Å². The lowest BCUT2D eigenvalue weighted by Crippen LogP contribution is -2.10. The van der Waals surface area contributed by atoms with Crippen molar-refractivity contribution in [1.29, 1.82) is 0 Å². The molecule has 0 atom stereocenters. The predicted molar refractivity (Wildman–Crippen MR) is 105 cm³/mol. The van der Waals surface area contributed by atoms with Gasteiger partial charge in [0.1, 0.15) is 5.75 Å². The zero-order valence-corrected chi connectivity index (χ0v) is 15.4. The number of aromatic nitrogens is 3. The molecule has 0 radical (unpaired) electrons. The topological polar surface area (TPSA) is 72.0 Å².